The molecule has 1 atom stereocenters. The molecule has 2 rings (SSSR count). The van der Waals surface area contributed by atoms with Crippen LogP contribution >= 0.6 is 0 Å². The van der Waals surface area contributed by atoms with Crippen LogP contribution in [-0.2, 0) is 11.8 Å². The smallest absolute Gasteiger partial charge is 0.224 e. The molecule has 5 heteroatoms. The predicted molar refractivity (Wildman–Crippen MR) is 75.9 cm³/mol. The highest BCUT2D eigenvalue weighted by molar-refractivity contribution is 5.91. The molecule has 1 aliphatic heterocycles. The van der Waals surface area contributed by atoms with E-state index in [1.54, 1.807) is 10.9 Å². The Balaban J connectivity index is 1.85. The van der Waals surface area contributed by atoms with Gasteiger partial charge in [0, 0.05) is 13.5 Å². The number of amides is 1. The first-order chi connectivity index (χ1) is 9.08. The van der Waals surface area contributed by atoms with Gasteiger partial charge in [0.05, 0.1) is 17.6 Å². The van der Waals surface area contributed by atoms with Crippen LogP contribution in [0.5, 0.6) is 0 Å². The van der Waals surface area contributed by atoms with Gasteiger partial charge in [0.2, 0.25) is 5.91 Å². The number of anilines is 1. The Labute approximate surface area is 114 Å². The van der Waals surface area contributed by atoms with Gasteiger partial charge in [0.25, 0.3) is 0 Å². The molecule has 19 heavy (non-hydrogen) atoms. The van der Waals surface area contributed by atoms with Crippen molar-refractivity contribution in [2.75, 3.05) is 18.4 Å². The number of aryl methyl sites for hydroxylation is 1. The van der Waals surface area contributed by atoms with Crippen LogP contribution in [0.3, 0.4) is 0 Å². The number of nitrogens with zero attached hydrogens (tertiary/aromatic N) is 2. The molecule has 2 heterocycles. The van der Waals surface area contributed by atoms with E-state index < -0.39 is 0 Å². The highest BCUT2D eigenvalue weighted by Gasteiger charge is 2.22. The van der Waals surface area contributed by atoms with Gasteiger partial charge in [-0.15, -0.1) is 0 Å². The number of hydrogen-bond acceptors (Lipinski definition) is 3. The second kappa shape index (κ2) is 6.19. The number of hydrogen-bond donors (Lipinski definition) is 2. The largest absolute Gasteiger partial charge is 0.323 e. The van der Waals surface area contributed by atoms with Crippen molar-refractivity contribution in [2.24, 2.45) is 18.9 Å². The Hall–Kier alpha value is -1.36. The Bertz CT molecular complexity index is 435. The summed E-state index contributed by atoms with van der Waals surface area (Å²) < 4.78 is 1.77. The summed E-state index contributed by atoms with van der Waals surface area (Å²) in [7, 11) is 1.88. The lowest BCUT2D eigenvalue weighted by atomic mass is 9.84. The molecule has 5 nitrogen and oxygen atoms in total. The van der Waals surface area contributed by atoms with E-state index in [1.807, 2.05) is 14.0 Å². The van der Waals surface area contributed by atoms with Crippen molar-refractivity contribution < 1.29 is 4.79 Å². The fourth-order valence-corrected chi connectivity index (χ4v) is 2.70. The molecule has 1 aromatic rings. The zero-order chi connectivity index (χ0) is 13.8. The normalized spacial score (nSPS) is 18.3. The van der Waals surface area contributed by atoms with E-state index >= 15 is 0 Å². The average Bonchev–Trinajstić information content (AvgIpc) is 2.71. The van der Waals surface area contributed by atoms with Gasteiger partial charge in [-0.3, -0.25) is 9.48 Å². The summed E-state index contributed by atoms with van der Waals surface area (Å²) >= 11 is 0. The van der Waals surface area contributed by atoms with Crippen molar-refractivity contribution in [3.63, 3.8) is 0 Å². The molecule has 1 aliphatic rings. The van der Waals surface area contributed by atoms with E-state index in [0.717, 1.165) is 24.5 Å². The molecule has 2 N–H and O–H groups in total. The molecule has 0 bridgehead atoms. The van der Waals surface area contributed by atoms with Gasteiger partial charge in [-0.05, 0) is 44.7 Å². The van der Waals surface area contributed by atoms with Crippen molar-refractivity contribution in [2.45, 2.75) is 33.1 Å². The fraction of sp³-hybridized carbons (Fsp3) is 0.714. The molecule has 0 aliphatic carbocycles. The summed E-state index contributed by atoms with van der Waals surface area (Å²) in [5, 5.41) is 10.5. The monoisotopic (exact) mass is 264 g/mol. The van der Waals surface area contributed by atoms with Crippen LogP contribution in [0.25, 0.3) is 0 Å². The molecule has 1 fully saturated rings. The van der Waals surface area contributed by atoms with E-state index in [9.17, 15) is 4.79 Å². The van der Waals surface area contributed by atoms with Crippen LogP contribution in [0.1, 0.15) is 31.9 Å². The second-order valence-electron chi connectivity index (χ2n) is 5.58. The van der Waals surface area contributed by atoms with Crippen LogP contribution in [0, 0.1) is 18.8 Å². The van der Waals surface area contributed by atoms with E-state index in [1.165, 1.54) is 12.8 Å². The van der Waals surface area contributed by atoms with Gasteiger partial charge in [0.15, 0.2) is 0 Å². The van der Waals surface area contributed by atoms with Gasteiger partial charge in [-0.2, -0.15) is 5.10 Å². The number of piperidine rings is 1. The predicted octanol–water partition coefficient (Wildman–Crippen LogP) is 1.69. The number of rotatable bonds is 4. The van der Waals surface area contributed by atoms with Crippen LogP contribution in [0.15, 0.2) is 6.20 Å². The summed E-state index contributed by atoms with van der Waals surface area (Å²) in [4.78, 5) is 12.1. The van der Waals surface area contributed by atoms with Gasteiger partial charge in [-0.1, -0.05) is 6.92 Å². The Morgan fingerprint density at radius 3 is 2.84 bits per heavy atom. The van der Waals surface area contributed by atoms with Crippen molar-refractivity contribution >= 4 is 11.6 Å². The first-order valence-corrected chi connectivity index (χ1v) is 7.07. The number of nitrogens with one attached hydrogen (secondary N) is 2. The standard InChI is InChI=1S/C14H24N4O/c1-10(12-4-6-15-7-5-12)8-14(19)17-13-9-16-18(3)11(13)2/h9-10,12,15H,4-8H2,1-3H3,(H,17,19). The van der Waals surface area contributed by atoms with Gasteiger partial charge in [0.1, 0.15) is 0 Å². The third-order valence-corrected chi connectivity index (χ3v) is 4.21. The Kier molecular flexibility index (Phi) is 4.58. The molecule has 0 radical (unpaired) electrons. The lowest BCUT2D eigenvalue weighted by Crippen LogP contribution is -2.32. The van der Waals surface area contributed by atoms with Crippen LogP contribution in [0.2, 0.25) is 0 Å². The minimum Gasteiger partial charge on any atom is -0.323 e. The van der Waals surface area contributed by atoms with E-state index in [4.69, 9.17) is 0 Å². The quantitative estimate of drug-likeness (QED) is 0.870. The average molecular weight is 264 g/mol. The summed E-state index contributed by atoms with van der Waals surface area (Å²) in [5.41, 5.74) is 1.81. The van der Waals surface area contributed by atoms with Gasteiger partial charge < -0.3 is 10.6 Å². The maximum Gasteiger partial charge on any atom is 0.224 e. The summed E-state index contributed by atoms with van der Waals surface area (Å²) in [6.45, 7) is 6.31. The van der Waals surface area contributed by atoms with Gasteiger partial charge >= 0.3 is 0 Å². The van der Waals surface area contributed by atoms with Crippen molar-refractivity contribution in [1.29, 1.82) is 0 Å². The summed E-state index contributed by atoms with van der Waals surface area (Å²) in [5.74, 6) is 1.21. The molecule has 0 aromatic carbocycles. The summed E-state index contributed by atoms with van der Waals surface area (Å²) in [6.07, 6.45) is 4.67. The molecular formula is C14H24N4O. The zero-order valence-corrected chi connectivity index (χ0v) is 12.1. The van der Waals surface area contributed by atoms with E-state index in [2.05, 4.69) is 22.7 Å². The van der Waals surface area contributed by atoms with Crippen LogP contribution in [-0.4, -0.2) is 28.8 Å². The number of carbonyl (C=O) groups is 1. The third kappa shape index (κ3) is 3.56. The van der Waals surface area contributed by atoms with Crippen molar-refractivity contribution in [3.8, 4) is 0 Å². The van der Waals surface area contributed by atoms with E-state index in [-0.39, 0.29) is 5.91 Å². The molecule has 0 spiro atoms. The van der Waals surface area contributed by atoms with Gasteiger partial charge in [-0.25, -0.2) is 0 Å². The molecule has 106 valence electrons. The molecular weight excluding hydrogens is 240 g/mol. The highest BCUT2D eigenvalue weighted by Crippen LogP contribution is 2.25. The van der Waals surface area contributed by atoms with Crippen molar-refractivity contribution in [1.82, 2.24) is 15.1 Å². The van der Waals surface area contributed by atoms with Crippen molar-refractivity contribution in [3.05, 3.63) is 11.9 Å². The molecule has 1 saturated heterocycles. The van der Waals surface area contributed by atoms with Crippen LogP contribution in [0.4, 0.5) is 5.69 Å². The molecule has 0 saturated carbocycles. The molecule has 1 amide bonds. The number of carbonyl (C=O) groups excluding carboxylic acids is 1. The SMILES string of the molecule is Cc1c(NC(=O)CC(C)C2CCNCC2)cnn1C. The minimum absolute atomic E-state index is 0.0992. The minimum atomic E-state index is 0.0992. The first kappa shape index (κ1) is 14.1. The second-order valence-corrected chi connectivity index (χ2v) is 5.58. The molecule has 1 aromatic heterocycles. The lowest BCUT2D eigenvalue weighted by Gasteiger charge is -2.27. The lowest BCUT2D eigenvalue weighted by molar-refractivity contribution is -0.117. The van der Waals surface area contributed by atoms with Crippen LogP contribution < -0.4 is 10.6 Å². The van der Waals surface area contributed by atoms with E-state index in [0.29, 0.717) is 18.3 Å². The Morgan fingerprint density at radius 2 is 2.26 bits per heavy atom. The topological polar surface area (TPSA) is 59.0 Å². The Morgan fingerprint density at radius 1 is 1.58 bits per heavy atom. The number of aromatic nitrogens is 2. The fourth-order valence-electron chi connectivity index (χ4n) is 2.70. The third-order valence-electron chi connectivity index (χ3n) is 4.21. The molecule has 1 unspecified atom stereocenters. The first-order valence-electron chi connectivity index (χ1n) is 7.07. The maximum atomic E-state index is 12.1. The zero-order valence-electron chi connectivity index (χ0n) is 12.1. The maximum absolute atomic E-state index is 12.1. The highest BCUT2D eigenvalue weighted by atomic mass is 16.1. The summed E-state index contributed by atoms with van der Waals surface area (Å²) in [6, 6.07) is 0.